The van der Waals surface area contributed by atoms with Gasteiger partial charge in [-0.1, -0.05) is 6.92 Å². The minimum atomic E-state index is 0. The number of amides is 1. The molecule has 1 amide bonds. The molecule has 0 aromatic rings. The second-order valence-electron chi connectivity index (χ2n) is 5.55. The van der Waals surface area contributed by atoms with Crippen molar-refractivity contribution in [2.45, 2.75) is 32.6 Å². The molecular formula is C14H30ClN3O. The molecule has 1 fully saturated rings. The van der Waals surface area contributed by atoms with Gasteiger partial charge in [-0.05, 0) is 57.8 Å². The summed E-state index contributed by atoms with van der Waals surface area (Å²) in [4.78, 5) is 15.8. The van der Waals surface area contributed by atoms with Crippen LogP contribution in [0.1, 0.15) is 32.6 Å². The Kier molecular flexibility index (Phi) is 10.3. The van der Waals surface area contributed by atoms with Crippen molar-refractivity contribution in [3.63, 3.8) is 0 Å². The first kappa shape index (κ1) is 18.7. The lowest BCUT2D eigenvalue weighted by molar-refractivity contribution is -0.129. The standard InChI is InChI=1S/C14H29N3O.ClH/c1-4-10-17(12-14(18)16(2)3)11-7-13-5-8-15-9-6-13;/h13,15H,4-12H2,1-3H3;1H. The number of nitrogens with one attached hydrogen (secondary N) is 1. The van der Waals surface area contributed by atoms with Crippen LogP contribution in [0.4, 0.5) is 0 Å². The first-order chi connectivity index (χ1) is 8.63. The van der Waals surface area contributed by atoms with Crippen LogP contribution in [0.25, 0.3) is 0 Å². The maximum absolute atomic E-state index is 11.8. The molecule has 0 aromatic heterocycles. The Bertz CT molecular complexity index is 243. The van der Waals surface area contributed by atoms with E-state index < -0.39 is 0 Å². The fourth-order valence-electron chi connectivity index (χ4n) is 2.45. The van der Waals surface area contributed by atoms with E-state index in [9.17, 15) is 4.79 Å². The Morgan fingerprint density at radius 1 is 1.21 bits per heavy atom. The van der Waals surface area contributed by atoms with Gasteiger partial charge in [-0.3, -0.25) is 9.69 Å². The van der Waals surface area contributed by atoms with Crippen LogP contribution in [0.15, 0.2) is 0 Å². The van der Waals surface area contributed by atoms with Crippen LogP contribution in [0.5, 0.6) is 0 Å². The van der Waals surface area contributed by atoms with E-state index in [1.54, 1.807) is 4.90 Å². The van der Waals surface area contributed by atoms with E-state index in [0.29, 0.717) is 6.54 Å². The molecule has 4 nitrogen and oxygen atoms in total. The third kappa shape index (κ3) is 7.75. The van der Waals surface area contributed by atoms with Crippen molar-refractivity contribution in [1.82, 2.24) is 15.1 Å². The van der Waals surface area contributed by atoms with Crippen molar-refractivity contribution in [3.05, 3.63) is 0 Å². The van der Waals surface area contributed by atoms with Gasteiger partial charge in [0, 0.05) is 14.1 Å². The SMILES string of the molecule is CCCN(CCC1CCNCC1)CC(=O)N(C)C.Cl. The maximum Gasteiger partial charge on any atom is 0.236 e. The van der Waals surface area contributed by atoms with Gasteiger partial charge in [0.25, 0.3) is 0 Å². The van der Waals surface area contributed by atoms with Crippen LogP contribution in [0, 0.1) is 5.92 Å². The molecule has 0 unspecified atom stereocenters. The molecule has 0 atom stereocenters. The molecule has 1 N–H and O–H groups in total. The zero-order valence-corrected chi connectivity index (χ0v) is 13.5. The molecule has 0 bridgehead atoms. The summed E-state index contributed by atoms with van der Waals surface area (Å²) in [5.74, 6) is 1.06. The normalized spacial score (nSPS) is 16.2. The molecule has 1 aliphatic heterocycles. The number of nitrogens with zero attached hydrogens (tertiary/aromatic N) is 2. The Morgan fingerprint density at radius 3 is 2.37 bits per heavy atom. The predicted octanol–water partition coefficient (Wildman–Crippen LogP) is 1.60. The number of carbonyl (C=O) groups excluding carboxylic acids is 1. The van der Waals surface area contributed by atoms with Gasteiger partial charge in [0.2, 0.25) is 5.91 Å². The average molecular weight is 292 g/mol. The van der Waals surface area contributed by atoms with Crippen LogP contribution in [0.2, 0.25) is 0 Å². The third-order valence-electron chi connectivity index (χ3n) is 3.71. The number of hydrogen-bond donors (Lipinski definition) is 1. The number of piperidine rings is 1. The van der Waals surface area contributed by atoms with Gasteiger partial charge >= 0.3 is 0 Å². The van der Waals surface area contributed by atoms with E-state index in [0.717, 1.165) is 38.5 Å². The molecule has 19 heavy (non-hydrogen) atoms. The van der Waals surface area contributed by atoms with Crippen LogP contribution in [0.3, 0.4) is 0 Å². The van der Waals surface area contributed by atoms with Crippen molar-refractivity contribution >= 4 is 18.3 Å². The number of carbonyl (C=O) groups is 1. The van der Waals surface area contributed by atoms with Crippen molar-refractivity contribution in [3.8, 4) is 0 Å². The maximum atomic E-state index is 11.8. The number of halogens is 1. The highest BCUT2D eigenvalue weighted by Gasteiger charge is 2.16. The van der Waals surface area contributed by atoms with Gasteiger partial charge in [0.1, 0.15) is 0 Å². The van der Waals surface area contributed by atoms with E-state index in [4.69, 9.17) is 0 Å². The van der Waals surface area contributed by atoms with E-state index in [1.807, 2.05) is 14.1 Å². The van der Waals surface area contributed by atoms with Gasteiger partial charge in [-0.2, -0.15) is 0 Å². The zero-order chi connectivity index (χ0) is 13.4. The van der Waals surface area contributed by atoms with Gasteiger partial charge in [-0.15, -0.1) is 12.4 Å². The fraction of sp³-hybridized carbons (Fsp3) is 0.929. The van der Waals surface area contributed by atoms with Gasteiger partial charge in [0.15, 0.2) is 0 Å². The third-order valence-corrected chi connectivity index (χ3v) is 3.71. The number of hydrogen-bond acceptors (Lipinski definition) is 3. The lowest BCUT2D eigenvalue weighted by atomic mass is 9.94. The molecule has 114 valence electrons. The van der Waals surface area contributed by atoms with E-state index >= 15 is 0 Å². The highest BCUT2D eigenvalue weighted by Crippen LogP contribution is 2.16. The minimum Gasteiger partial charge on any atom is -0.348 e. The summed E-state index contributed by atoms with van der Waals surface area (Å²) < 4.78 is 0. The summed E-state index contributed by atoms with van der Waals surface area (Å²) in [6.07, 6.45) is 4.94. The van der Waals surface area contributed by atoms with E-state index in [2.05, 4.69) is 17.1 Å². The molecule has 0 spiro atoms. The lowest BCUT2D eigenvalue weighted by Crippen LogP contribution is -2.38. The van der Waals surface area contributed by atoms with Crippen LogP contribution in [-0.4, -0.2) is 62.5 Å². The molecular weight excluding hydrogens is 262 g/mol. The predicted molar refractivity (Wildman–Crippen MR) is 82.9 cm³/mol. The lowest BCUT2D eigenvalue weighted by Gasteiger charge is -2.27. The first-order valence-corrected chi connectivity index (χ1v) is 7.26. The summed E-state index contributed by atoms with van der Waals surface area (Å²) in [5.41, 5.74) is 0. The average Bonchev–Trinajstić information content (AvgIpc) is 2.37. The molecule has 5 heteroatoms. The Balaban J connectivity index is 0.00000324. The van der Waals surface area contributed by atoms with Crippen molar-refractivity contribution in [2.24, 2.45) is 5.92 Å². The quantitative estimate of drug-likeness (QED) is 0.774. The van der Waals surface area contributed by atoms with E-state index in [1.165, 1.54) is 19.3 Å². The van der Waals surface area contributed by atoms with Crippen molar-refractivity contribution in [1.29, 1.82) is 0 Å². The first-order valence-electron chi connectivity index (χ1n) is 7.26. The molecule has 0 radical (unpaired) electrons. The van der Waals surface area contributed by atoms with Gasteiger partial charge in [-0.25, -0.2) is 0 Å². The second-order valence-corrected chi connectivity index (χ2v) is 5.55. The molecule has 1 aliphatic rings. The van der Waals surface area contributed by atoms with Crippen LogP contribution >= 0.6 is 12.4 Å². The van der Waals surface area contributed by atoms with Crippen LogP contribution < -0.4 is 5.32 Å². The van der Waals surface area contributed by atoms with Crippen molar-refractivity contribution < 1.29 is 4.79 Å². The summed E-state index contributed by atoms with van der Waals surface area (Å²) in [6.45, 7) is 7.18. The summed E-state index contributed by atoms with van der Waals surface area (Å²) in [5, 5.41) is 3.40. The van der Waals surface area contributed by atoms with E-state index in [-0.39, 0.29) is 18.3 Å². The molecule has 1 saturated heterocycles. The number of likely N-dealkylation sites (N-methyl/N-ethyl adjacent to an activating group) is 1. The Morgan fingerprint density at radius 2 is 1.84 bits per heavy atom. The fourth-order valence-corrected chi connectivity index (χ4v) is 2.45. The molecule has 1 rings (SSSR count). The summed E-state index contributed by atoms with van der Waals surface area (Å²) >= 11 is 0. The molecule has 1 heterocycles. The highest BCUT2D eigenvalue weighted by atomic mass is 35.5. The minimum absolute atomic E-state index is 0. The zero-order valence-electron chi connectivity index (χ0n) is 12.7. The Labute approximate surface area is 124 Å². The monoisotopic (exact) mass is 291 g/mol. The largest absolute Gasteiger partial charge is 0.348 e. The van der Waals surface area contributed by atoms with Gasteiger partial charge < -0.3 is 10.2 Å². The Hall–Kier alpha value is -0.320. The summed E-state index contributed by atoms with van der Waals surface area (Å²) in [7, 11) is 3.67. The smallest absolute Gasteiger partial charge is 0.236 e. The molecule has 0 aromatic carbocycles. The van der Waals surface area contributed by atoms with Gasteiger partial charge in [0.05, 0.1) is 6.54 Å². The molecule has 0 aliphatic carbocycles. The topological polar surface area (TPSA) is 35.6 Å². The van der Waals surface area contributed by atoms with Crippen molar-refractivity contribution in [2.75, 3.05) is 46.8 Å². The number of rotatable bonds is 7. The molecule has 0 saturated carbocycles. The second kappa shape index (κ2) is 10.5. The van der Waals surface area contributed by atoms with Crippen LogP contribution in [-0.2, 0) is 4.79 Å². The summed E-state index contributed by atoms with van der Waals surface area (Å²) in [6, 6.07) is 0. The highest BCUT2D eigenvalue weighted by molar-refractivity contribution is 5.85.